The summed E-state index contributed by atoms with van der Waals surface area (Å²) >= 11 is 6.17. The van der Waals surface area contributed by atoms with Gasteiger partial charge in [0, 0.05) is 11.1 Å². The second-order valence-corrected chi connectivity index (χ2v) is 5.68. The lowest BCUT2D eigenvalue weighted by molar-refractivity contribution is 0.318. The number of halogens is 1. The lowest BCUT2D eigenvalue weighted by atomic mass is 9.83. The smallest absolute Gasteiger partial charge is 0.0441 e. The molecule has 1 unspecified atom stereocenters. The molecule has 0 aliphatic heterocycles. The van der Waals surface area contributed by atoms with Gasteiger partial charge in [-0.15, -0.1) is 0 Å². The first kappa shape index (κ1) is 12.5. The molecular weight excluding hydrogens is 206 g/mol. The van der Waals surface area contributed by atoms with E-state index in [1.807, 2.05) is 13.0 Å². The molecule has 1 rings (SSSR count). The molecule has 2 heteroatoms. The fourth-order valence-corrected chi connectivity index (χ4v) is 1.67. The minimum Gasteiger partial charge on any atom is -0.327 e. The molecule has 0 aliphatic rings. The van der Waals surface area contributed by atoms with E-state index in [0.29, 0.717) is 0 Å². The van der Waals surface area contributed by atoms with Crippen LogP contribution in [0, 0.1) is 12.3 Å². The van der Waals surface area contributed by atoms with Gasteiger partial charge >= 0.3 is 0 Å². The third-order valence-corrected chi connectivity index (χ3v) is 3.11. The highest BCUT2D eigenvalue weighted by atomic mass is 35.5. The fraction of sp³-hybridized carbons (Fsp3) is 0.538. The second kappa shape index (κ2) is 4.54. The quantitative estimate of drug-likeness (QED) is 0.819. The molecule has 0 spiro atoms. The van der Waals surface area contributed by atoms with E-state index in [2.05, 4.69) is 32.9 Å². The summed E-state index contributed by atoms with van der Waals surface area (Å²) in [5.74, 6) is 0. The first-order chi connectivity index (χ1) is 6.80. The molecule has 0 saturated carbocycles. The Morgan fingerprint density at radius 2 is 1.93 bits per heavy atom. The molecule has 1 nitrogen and oxygen atoms in total. The maximum absolute atomic E-state index is 6.17. The molecule has 1 aromatic carbocycles. The highest BCUT2D eigenvalue weighted by Crippen LogP contribution is 2.24. The maximum atomic E-state index is 6.17. The minimum atomic E-state index is 0.119. The van der Waals surface area contributed by atoms with Gasteiger partial charge in [0.25, 0.3) is 0 Å². The monoisotopic (exact) mass is 225 g/mol. The fourth-order valence-electron chi connectivity index (χ4n) is 1.36. The van der Waals surface area contributed by atoms with Gasteiger partial charge in [-0.1, -0.05) is 44.5 Å². The van der Waals surface area contributed by atoms with Gasteiger partial charge in [-0.3, -0.25) is 0 Å². The van der Waals surface area contributed by atoms with E-state index in [1.165, 1.54) is 5.56 Å². The lowest BCUT2D eigenvalue weighted by Gasteiger charge is -2.27. The molecule has 0 bridgehead atoms. The van der Waals surface area contributed by atoms with Crippen LogP contribution in [0.4, 0.5) is 0 Å². The molecule has 1 aromatic rings. The van der Waals surface area contributed by atoms with Crippen molar-refractivity contribution in [3.63, 3.8) is 0 Å². The summed E-state index contributed by atoms with van der Waals surface area (Å²) < 4.78 is 0. The molecule has 0 fully saturated rings. The SMILES string of the molecule is Cc1ccc(CC(N)C(C)(C)C)c(Cl)c1. The summed E-state index contributed by atoms with van der Waals surface area (Å²) in [6.07, 6.45) is 0.836. The molecule has 2 N–H and O–H groups in total. The Bertz CT molecular complexity index is 339. The molecule has 0 aromatic heterocycles. The van der Waals surface area contributed by atoms with Gasteiger partial charge in [-0.05, 0) is 36.0 Å². The number of hydrogen-bond donors (Lipinski definition) is 1. The maximum Gasteiger partial charge on any atom is 0.0441 e. The number of benzene rings is 1. The molecule has 15 heavy (non-hydrogen) atoms. The van der Waals surface area contributed by atoms with Crippen LogP contribution < -0.4 is 5.73 Å². The third kappa shape index (κ3) is 3.51. The van der Waals surface area contributed by atoms with Gasteiger partial charge < -0.3 is 5.73 Å². The van der Waals surface area contributed by atoms with Crippen LogP contribution in [-0.2, 0) is 6.42 Å². The van der Waals surface area contributed by atoms with Crippen LogP contribution in [0.2, 0.25) is 5.02 Å². The minimum absolute atomic E-state index is 0.119. The van der Waals surface area contributed by atoms with Gasteiger partial charge in [0.15, 0.2) is 0 Å². The predicted molar refractivity (Wildman–Crippen MR) is 67.3 cm³/mol. The van der Waals surface area contributed by atoms with E-state index >= 15 is 0 Å². The first-order valence-corrected chi connectivity index (χ1v) is 5.69. The zero-order chi connectivity index (χ0) is 11.6. The number of aryl methyl sites for hydroxylation is 1. The highest BCUT2D eigenvalue weighted by molar-refractivity contribution is 6.31. The summed E-state index contributed by atoms with van der Waals surface area (Å²) in [5, 5.41) is 0.828. The Hall–Kier alpha value is -0.530. The molecule has 84 valence electrons. The van der Waals surface area contributed by atoms with Crippen molar-refractivity contribution in [2.45, 2.75) is 40.2 Å². The first-order valence-electron chi connectivity index (χ1n) is 5.31. The average molecular weight is 226 g/mol. The number of hydrogen-bond acceptors (Lipinski definition) is 1. The van der Waals surface area contributed by atoms with Gasteiger partial charge in [-0.25, -0.2) is 0 Å². The van der Waals surface area contributed by atoms with Gasteiger partial charge in [0.05, 0.1) is 0 Å². The zero-order valence-corrected chi connectivity index (χ0v) is 10.7. The van der Waals surface area contributed by atoms with Gasteiger partial charge in [0.2, 0.25) is 0 Å². The summed E-state index contributed by atoms with van der Waals surface area (Å²) in [4.78, 5) is 0. The van der Waals surface area contributed by atoms with E-state index in [0.717, 1.165) is 17.0 Å². The Kier molecular flexibility index (Phi) is 3.80. The standard InChI is InChI=1S/C13H20ClN/c1-9-5-6-10(11(14)7-9)8-12(15)13(2,3)4/h5-7,12H,8,15H2,1-4H3. The second-order valence-electron chi connectivity index (χ2n) is 5.27. The topological polar surface area (TPSA) is 26.0 Å². The Morgan fingerprint density at radius 3 is 2.40 bits per heavy atom. The average Bonchev–Trinajstić information content (AvgIpc) is 2.08. The summed E-state index contributed by atoms with van der Waals surface area (Å²) in [7, 11) is 0. The Balaban J connectivity index is 2.82. The third-order valence-electron chi connectivity index (χ3n) is 2.76. The molecule has 0 aliphatic carbocycles. The Morgan fingerprint density at radius 1 is 1.33 bits per heavy atom. The van der Waals surface area contributed by atoms with Crippen molar-refractivity contribution in [2.24, 2.45) is 11.1 Å². The molecule has 1 atom stereocenters. The van der Waals surface area contributed by atoms with Crippen LogP contribution in [0.5, 0.6) is 0 Å². The molecule has 0 radical (unpaired) electrons. The van der Waals surface area contributed by atoms with Crippen molar-refractivity contribution in [2.75, 3.05) is 0 Å². The zero-order valence-electron chi connectivity index (χ0n) is 9.97. The molecule has 0 heterocycles. The number of rotatable bonds is 2. The molecular formula is C13H20ClN. The van der Waals surface area contributed by atoms with Crippen LogP contribution in [0.15, 0.2) is 18.2 Å². The lowest BCUT2D eigenvalue weighted by Crippen LogP contribution is -2.36. The van der Waals surface area contributed by atoms with Crippen molar-refractivity contribution < 1.29 is 0 Å². The van der Waals surface area contributed by atoms with E-state index in [9.17, 15) is 0 Å². The van der Waals surface area contributed by atoms with Gasteiger partial charge in [-0.2, -0.15) is 0 Å². The summed E-state index contributed by atoms with van der Waals surface area (Å²) in [5.41, 5.74) is 8.58. The van der Waals surface area contributed by atoms with Crippen LogP contribution in [0.1, 0.15) is 31.9 Å². The van der Waals surface area contributed by atoms with Crippen molar-refractivity contribution in [3.8, 4) is 0 Å². The van der Waals surface area contributed by atoms with E-state index < -0.39 is 0 Å². The predicted octanol–water partition coefficient (Wildman–Crippen LogP) is 3.56. The van der Waals surface area contributed by atoms with E-state index in [-0.39, 0.29) is 11.5 Å². The van der Waals surface area contributed by atoms with Crippen molar-refractivity contribution >= 4 is 11.6 Å². The van der Waals surface area contributed by atoms with Crippen molar-refractivity contribution in [1.29, 1.82) is 0 Å². The Labute approximate surface area is 97.6 Å². The summed E-state index contributed by atoms with van der Waals surface area (Å²) in [6, 6.07) is 6.28. The largest absolute Gasteiger partial charge is 0.327 e. The van der Waals surface area contributed by atoms with Crippen LogP contribution in [-0.4, -0.2) is 6.04 Å². The van der Waals surface area contributed by atoms with Crippen molar-refractivity contribution in [1.82, 2.24) is 0 Å². The number of nitrogens with two attached hydrogens (primary N) is 1. The molecule has 0 amide bonds. The molecule has 0 saturated heterocycles. The van der Waals surface area contributed by atoms with E-state index in [1.54, 1.807) is 0 Å². The van der Waals surface area contributed by atoms with Crippen LogP contribution in [0.25, 0.3) is 0 Å². The van der Waals surface area contributed by atoms with Crippen LogP contribution >= 0.6 is 11.6 Å². The van der Waals surface area contributed by atoms with Crippen LogP contribution in [0.3, 0.4) is 0 Å². The normalized spacial score (nSPS) is 14.0. The van der Waals surface area contributed by atoms with E-state index in [4.69, 9.17) is 17.3 Å². The van der Waals surface area contributed by atoms with Gasteiger partial charge in [0.1, 0.15) is 0 Å². The summed E-state index contributed by atoms with van der Waals surface area (Å²) in [6.45, 7) is 8.50. The highest BCUT2D eigenvalue weighted by Gasteiger charge is 2.21. The van der Waals surface area contributed by atoms with Crippen molar-refractivity contribution in [3.05, 3.63) is 34.3 Å².